The number of hydrogen-bond donors (Lipinski definition) is 1. The standard InChI is InChI=1S/C16H20BrNO/c1-18-9-3-2-4-10-19-16-8-6-13-11-15(17)7-5-14(13)12-16/h5-8,11-12,18H,2-4,9-10H2,1H3. The molecule has 0 amide bonds. The third kappa shape index (κ3) is 4.51. The fourth-order valence-corrected chi connectivity index (χ4v) is 2.43. The summed E-state index contributed by atoms with van der Waals surface area (Å²) in [5, 5.41) is 5.61. The highest BCUT2D eigenvalue weighted by Gasteiger charge is 1.98. The van der Waals surface area contributed by atoms with E-state index in [9.17, 15) is 0 Å². The van der Waals surface area contributed by atoms with Crippen LogP contribution in [0.4, 0.5) is 0 Å². The molecule has 0 aromatic heterocycles. The van der Waals surface area contributed by atoms with E-state index < -0.39 is 0 Å². The molecule has 2 rings (SSSR count). The van der Waals surface area contributed by atoms with Crippen molar-refractivity contribution in [3.05, 3.63) is 40.9 Å². The molecule has 1 N–H and O–H groups in total. The zero-order chi connectivity index (χ0) is 13.5. The fourth-order valence-electron chi connectivity index (χ4n) is 2.06. The van der Waals surface area contributed by atoms with Gasteiger partial charge in [0, 0.05) is 4.47 Å². The molecule has 102 valence electrons. The Bertz CT molecular complexity index is 527. The zero-order valence-corrected chi connectivity index (χ0v) is 12.9. The molecule has 0 spiro atoms. The summed E-state index contributed by atoms with van der Waals surface area (Å²) in [6, 6.07) is 12.5. The van der Waals surface area contributed by atoms with Gasteiger partial charge in [0.2, 0.25) is 0 Å². The maximum atomic E-state index is 5.79. The molecule has 0 aliphatic rings. The van der Waals surface area contributed by atoms with Gasteiger partial charge in [-0.3, -0.25) is 0 Å². The lowest BCUT2D eigenvalue weighted by molar-refractivity contribution is 0.305. The van der Waals surface area contributed by atoms with Crippen LogP contribution in [0.2, 0.25) is 0 Å². The molecule has 0 radical (unpaired) electrons. The van der Waals surface area contributed by atoms with E-state index in [0.29, 0.717) is 0 Å². The van der Waals surface area contributed by atoms with Gasteiger partial charge in [0.1, 0.15) is 5.75 Å². The lowest BCUT2D eigenvalue weighted by Crippen LogP contribution is -2.07. The summed E-state index contributed by atoms with van der Waals surface area (Å²) >= 11 is 3.49. The molecular formula is C16H20BrNO. The topological polar surface area (TPSA) is 21.3 Å². The lowest BCUT2D eigenvalue weighted by Gasteiger charge is -2.07. The highest BCUT2D eigenvalue weighted by atomic mass is 79.9. The highest BCUT2D eigenvalue weighted by Crippen LogP contribution is 2.24. The second-order valence-electron chi connectivity index (χ2n) is 4.67. The molecule has 0 fully saturated rings. The molecule has 0 saturated heterocycles. The van der Waals surface area contributed by atoms with Crippen molar-refractivity contribution < 1.29 is 4.74 Å². The zero-order valence-electron chi connectivity index (χ0n) is 11.3. The van der Waals surface area contributed by atoms with Crippen LogP contribution in [-0.2, 0) is 0 Å². The minimum Gasteiger partial charge on any atom is -0.494 e. The third-order valence-corrected chi connectivity index (χ3v) is 3.61. The molecular weight excluding hydrogens is 302 g/mol. The van der Waals surface area contributed by atoms with Crippen molar-refractivity contribution in [1.29, 1.82) is 0 Å². The molecule has 0 atom stereocenters. The number of hydrogen-bond acceptors (Lipinski definition) is 2. The molecule has 0 unspecified atom stereocenters. The minimum absolute atomic E-state index is 0.797. The average Bonchev–Trinajstić information content (AvgIpc) is 2.43. The molecule has 0 aliphatic heterocycles. The van der Waals surface area contributed by atoms with Gasteiger partial charge < -0.3 is 10.1 Å². The molecule has 0 bridgehead atoms. The number of benzene rings is 2. The largest absolute Gasteiger partial charge is 0.494 e. The van der Waals surface area contributed by atoms with Crippen LogP contribution < -0.4 is 10.1 Å². The predicted octanol–water partition coefficient (Wildman–Crippen LogP) is 4.37. The van der Waals surface area contributed by atoms with Crippen LogP contribution in [-0.4, -0.2) is 20.2 Å². The van der Waals surface area contributed by atoms with E-state index in [-0.39, 0.29) is 0 Å². The second-order valence-corrected chi connectivity index (χ2v) is 5.58. The molecule has 0 saturated carbocycles. The fraction of sp³-hybridized carbons (Fsp3) is 0.375. The smallest absolute Gasteiger partial charge is 0.119 e. The monoisotopic (exact) mass is 321 g/mol. The Labute approximate surface area is 123 Å². The van der Waals surface area contributed by atoms with E-state index >= 15 is 0 Å². The van der Waals surface area contributed by atoms with E-state index in [4.69, 9.17) is 4.74 Å². The Morgan fingerprint density at radius 3 is 2.63 bits per heavy atom. The van der Waals surface area contributed by atoms with Gasteiger partial charge in [0.25, 0.3) is 0 Å². The van der Waals surface area contributed by atoms with Crippen LogP contribution in [0.15, 0.2) is 40.9 Å². The summed E-state index contributed by atoms with van der Waals surface area (Å²) in [4.78, 5) is 0. The summed E-state index contributed by atoms with van der Waals surface area (Å²) in [5.41, 5.74) is 0. The van der Waals surface area contributed by atoms with Crippen LogP contribution in [0.25, 0.3) is 10.8 Å². The molecule has 2 aromatic rings. The Morgan fingerprint density at radius 2 is 1.79 bits per heavy atom. The van der Waals surface area contributed by atoms with Crippen molar-refractivity contribution >= 4 is 26.7 Å². The minimum atomic E-state index is 0.797. The summed E-state index contributed by atoms with van der Waals surface area (Å²) in [7, 11) is 1.99. The number of ether oxygens (including phenoxy) is 1. The van der Waals surface area contributed by atoms with Crippen LogP contribution in [0.5, 0.6) is 5.75 Å². The van der Waals surface area contributed by atoms with Crippen LogP contribution in [0.1, 0.15) is 19.3 Å². The van der Waals surface area contributed by atoms with Gasteiger partial charge in [-0.05, 0) is 67.9 Å². The van der Waals surface area contributed by atoms with Crippen molar-refractivity contribution in [2.45, 2.75) is 19.3 Å². The predicted molar refractivity (Wildman–Crippen MR) is 84.9 cm³/mol. The van der Waals surface area contributed by atoms with Gasteiger partial charge >= 0.3 is 0 Å². The first-order valence-electron chi connectivity index (χ1n) is 6.76. The van der Waals surface area contributed by atoms with E-state index in [1.165, 1.54) is 23.6 Å². The summed E-state index contributed by atoms with van der Waals surface area (Å²) in [5.74, 6) is 0.962. The molecule has 0 heterocycles. The van der Waals surface area contributed by atoms with Gasteiger partial charge in [0.15, 0.2) is 0 Å². The molecule has 19 heavy (non-hydrogen) atoms. The maximum absolute atomic E-state index is 5.79. The first-order valence-corrected chi connectivity index (χ1v) is 7.55. The molecule has 2 nitrogen and oxygen atoms in total. The summed E-state index contributed by atoms with van der Waals surface area (Å²) in [6.07, 6.45) is 3.53. The lowest BCUT2D eigenvalue weighted by atomic mass is 10.1. The molecule has 3 heteroatoms. The van der Waals surface area contributed by atoms with Gasteiger partial charge in [0.05, 0.1) is 6.61 Å². The van der Waals surface area contributed by atoms with Crippen molar-refractivity contribution in [1.82, 2.24) is 5.32 Å². The number of unbranched alkanes of at least 4 members (excludes halogenated alkanes) is 2. The van der Waals surface area contributed by atoms with Crippen LogP contribution in [0, 0.1) is 0 Å². The first kappa shape index (κ1) is 14.4. The number of nitrogens with one attached hydrogen (secondary N) is 1. The Morgan fingerprint density at radius 1 is 1.00 bits per heavy atom. The van der Waals surface area contributed by atoms with Crippen molar-refractivity contribution in [2.75, 3.05) is 20.2 Å². The van der Waals surface area contributed by atoms with E-state index in [1.54, 1.807) is 0 Å². The van der Waals surface area contributed by atoms with E-state index in [2.05, 4.69) is 51.6 Å². The molecule has 0 aliphatic carbocycles. The second kappa shape index (κ2) is 7.51. The van der Waals surface area contributed by atoms with Gasteiger partial charge in [-0.15, -0.1) is 0 Å². The highest BCUT2D eigenvalue weighted by molar-refractivity contribution is 9.10. The van der Waals surface area contributed by atoms with Crippen molar-refractivity contribution in [3.63, 3.8) is 0 Å². The normalized spacial score (nSPS) is 10.8. The van der Waals surface area contributed by atoms with E-state index in [1.807, 2.05) is 13.1 Å². The average molecular weight is 322 g/mol. The van der Waals surface area contributed by atoms with Crippen molar-refractivity contribution in [2.24, 2.45) is 0 Å². The van der Waals surface area contributed by atoms with Gasteiger partial charge in [-0.2, -0.15) is 0 Å². The number of halogens is 1. The number of fused-ring (bicyclic) bond motifs is 1. The molecule has 2 aromatic carbocycles. The van der Waals surface area contributed by atoms with Gasteiger partial charge in [-0.1, -0.05) is 28.1 Å². The van der Waals surface area contributed by atoms with Crippen LogP contribution >= 0.6 is 15.9 Å². The first-order chi connectivity index (χ1) is 9.29. The Kier molecular flexibility index (Phi) is 5.67. The van der Waals surface area contributed by atoms with Crippen LogP contribution in [0.3, 0.4) is 0 Å². The third-order valence-electron chi connectivity index (χ3n) is 3.11. The summed E-state index contributed by atoms with van der Waals surface area (Å²) in [6.45, 7) is 1.89. The Balaban J connectivity index is 1.86. The van der Waals surface area contributed by atoms with Gasteiger partial charge in [-0.25, -0.2) is 0 Å². The Hall–Kier alpha value is -1.06. The quantitative estimate of drug-likeness (QED) is 0.764. The van der Waals surface area contributed by atoms with Crippen molar-refractivity contribution in [3.8, 4) is 5.75 Å². The maximum Gasteiger partial charge on any atom is 0.119 e. The SMILES string of the molecule is CNCCCCCOc1ccc2cc(Br)ccc2c1. The number of rotatable bonds is 7. The van der Waals surface area contributed by atoms with E-state index in [0.717, 1.165) is 29.8 Å². The summed E-state index contributed by atoms with van der Waals surface area (Å²) < 4.78 is 6.90.